The summed E-state index contributed by atoms with van der Waals surface area (Å²) in [5, 5.41) is 0. The molecule has 0 saturated heterocycles. The number of rotatable bonds is 5. The lowest BCUT2D eigenvalue weighted by Gasteiger charge is -2.39. The minimum Gasteiger partial charge on any atom is -0.330 e. The summed E-state index contributed by atoms with van der Waals surface area (Å²) in [5.74, 6) is 1.38. The molecule has 0 aromatic heterocycles. The van der Waals surface area contributed by atoms with Crippen LogP contribution in [0.3, 0.4) is 0 Å². The van der Waals surface area contributed by atoms with Crippen molar-refractivity contribution in [2.24, 2.45) is 23.0 Å². The van der Waals surface area contributed by atoms with Crippen LogP contribution in [0.15, 0.2) is 0 Å². The van der Waals surface area contributed by atoms with Crippen molar-refractivity contribution < 1.29 is 0 Å². The zero-order valence-corrected chi connectivity index (χ0v) is 11.8. The summed E-state index contributed by atoms with van der Waals surface area (Å²) in [6, 6.07) is 0. The summed E-state index contributed by atoms with van der Waals surface area (Å²) in [7, 11) is 0. The molecular formula is C11H24IN. The highest BCUT2D eigenvalue weighted by Gasteiger charge is 2.35. The molecule has 2 atom stereocenters. The molecule has 0 rings (SSSR count). The van der Waals surface area contributed by atoms with Gasteiger partial charge in [0.1, 0.15) is 0 Å². The maximum atomic E-state index is 5.80. The highest BCUT2D eigenvalue weighted by Crippen LogP contribution is 2.40. The van der Waals surface area contributed by atoms with Crippen molar-refractivity contribution in [2.45, 2.75) is 45.0 Å². The van der Waals surface area contributed by atoms with Gasteiger partial charge >= 0.3 is 0 Å². The van der Waals surface area contributed by atoms with E-state index in [0.717, 1.165) is 12.5 Å². The Morgan fingerprint density at radius 3 is 2.00 bits per heavy atom. The van der Waals surface area contributed by atoms with Crippen molar-refractivity contribution in [2.75, 3.05) is 6.54 Å². The number of halogens is 1. The van der Waals surface area contributed by atoms with E-state index in [0.29, 0.717) is 15.3 Å². The Bertz CT molecular complexity index is 135. The molecule has 0 spiro atoms. The fourth-order valence-corrected chi connectivity index (χ4v) is 2.59. The first kappa shape index (κ1) is 13.7. The normalized spacial score (nSPS) is 17.5. The van der Waals surface area contributed by atoms with E-state index < -0.39 is 0 Å². The highest BCUT2D eigenvalue weighted by atomic mass is 127. The number of nitrogens with two attached hydrogens (primary N) is 1. The van der Waals surface area contributed by atoms with Crippen LogP contribution in [0.5, 0.6) is 0 Å². The van der Waals surface area contributed by atoms with E-state index in [-0.39, 0.29) is 0 Å². The average Bonchev–Trinajstić information content (AvgIpc) is 2.04. The zero-order valence-electron chi connectivity index (χ0n) is 9.60. The van der Waals surface area contributed by atoms with Crippen LogP contribution in [0.4, 0.5) is 0 Å². The monoisotopic (exact) mass is 297 g/mol. The predicted octanol–water partition coefficient (Wildman–Crippen LogP) is 3.46. The van der Waals surface area contributed by atoms with Gasteiger partial charge in [-0.2, -0.15) is 0 Å². The van der Waals surface area contributed by atoms with Crippen LogP contribution in [0, 0.1) is 17.3 Å². The summed E-state index contributed by atoms with van der Waals surface area (Å²) in [4.78, 5) is 0. The van der Waals surface area contributed by atoms with Crippen LogP contribution < -0.4 is 5.73 Å². The van der Waals surface area contributed by atoms with Crippen LogP contribution in [0.25, 0.3) is 0 Å². The van der Waals surface area contributed by atoms with Crippen molar-refractivity contribution in [1.29, 1.82) is 0 Å². The Balaban J connectivity index is 4.51. The molecule has 0 saturated carbocycles. The fraction of sp³-hybridized carbons (Fsp3) is 1.00. The lowest BCUT2D eigenvalue weighted by molar-refractivity contribution is 0.189. The molecule has 0 unspecified atom stereocenters. The van der Waals surface area contributed by atoms with E-state index in [9.17, 15) is 0 Å². The van der Waals surface area contributed by atoms with E-state index in [1.165, 1.54) is 6.42 Å². The first-order valence-electron chi connectivity index (χ1n) is 5.22. The van der Waals surface area contributed by atoms with Crippen molar-refractivity contribution >= 4 is 22.6 Å². The third kappa shape index (κ3) is 3.39. The molecule has 0 aliphatic carbocycles. The molecule has 0 aromatic rings. The third-order valence-corrected chi connectivity index (χ3v) is 6.17. The third-order valence-electron chi connectivity index (χ3n) is 3.13. The molecule has 0 bridgehead atoms. The average molecular weight is 297 g/mol. The maximum Gasteiger partial charge on any atom is 0.0187 e. The minimum atomic E-state index is 0.359. The quantitative estimate of drug-likeness (QED) is 0.610. The highest BCUT2D eigenvalue weighted by molar-refractivity contribution is 14.1. The van der Waals surface area contributed by atoms with Gasteiger partial charge < -0.3 is 5.73 Å². The van der Waals surface area contributed by atoms with Gasteiger partial charge in [-0.25, -0.2) is 0 Å². The topological polar surface area (TPSA) is 26.0 Å². The van der Waals surface area contributed by atoms with Crippen LogP contribution in [0.1, 0.15) is 41.0 Å². The lowest BCUT2D eigenvalue weighted by atomic mass is 9.72. The summed E-state index contributed by atoms with van der Waals surface area (Å²) >= 11 is 2.58. The molecule has 0 fully saturated rings. The van der Waals surface area contributed by atoms with Crippen molar-refractivity contribution in [3.05, 3.63) is 0 Å². The fourth-order valence-electron chi connectivity index (χ4n) is 2.08. The van der Waals surface area contributed by atoms with Gasteiger partial charge in [-0.05, 0) is 23.8 Å². The number of hydrogen-bond donors (Lipinski definition) is 1. The molecular weight excluding hydrogens is 273 g/mol. The Hall–Kier alpha value is 0.690. The van der Waals surface area contributed by atoms with E-state index in [2.05, 4.69) is 57.2 Å². The second-order valence-corrected chi connectivity index (χ2v) is 6.15. The van der Waals surface area contributed by atoms with Gasteiger partial charge in [-0.1, -0.05) is 63.6 Å². The Morgan fingerprint density at radius 2 is 1.77 bits per heavy atom. The molecule has 1 nitrogen and oxygen atoms in total. The summed E-state index contributed by atoms with van der Waals surface area (Å²) < 4.78 is 0.707. The van der Waals surface area contributed by atoms with Crippen LogP contribution in [-0.4, -0.2) is 10.5 Å². The van der Waals surface area contributed by atoms with Gasteiger partial charge in [-0.3, -0.25) is 0 Å². The van der Waals surface area contributed by atoms with E-state index in [1.54, 1.807) is 0 Å². The van der Waals surface area contributed by atoms with E-state index in [1.807, 2.05) is 0 Å². The van der Waals surface area contributed by atoms with Gasteiger partial charge in [0.15, 0.2) is 0 Å². The maximum absolute atomic E-state index is 5.80. The molecule has 0 aliphatic heterocycles. The Labute approximate surface area is 97.0 Å². The van der Waals surface area contributed by atoms with Gasteiger partial charge in [0, 0.05) is 3.92 Å². The van der Waals surface area contributed by atoms with Crippen LogP contribution >= 0.6 is 22.6 Å². The second-order valence-electron chi connectivity index (χ2n) is 4.81. The molecule has 0 amide bonds. The van der Waals surface area contributed by atoms with Crippen LogP contribution in [0.2, 0.25) is 0 Å². The molecule has 2 N–H and O–H groups in total. The standard InChI is InChI=1S/C11H24IN/c1-6-9(7-13)11(4,5)10(12)8(2)3/h8-10H,6-7,13H2,1-5H3/t9-,10-/m0/s1. The van der Waals surface area contributed by atoms with Gasteiger partial charge in [0.2, 0.25) is 0 Å². The second kappa shape index (κ2) is 5.54. The largest absolute Gasteiger partial charge is 0.330 e. The molecule has 13 heavy (non-hydrogen) atoms. The molecule has 80 valence electrons. The Morgan fingerprint density at radius 1 is 1.31 bits per heavy atom. The van der Waals surface area contributed by atoms with E-state index >= 15 is 0 Å². The van der Waals surface area contributed by atoms with Gasteiger partial charge in [0.05, 0.1) is 0 Å². The molecule has 0 aromatic carbocycles. The summed E-state index contributed by atoms with van der Waals surface area (Å²) in [5.41, 5.74) is 6.16. The van der Waals surface area contributed by atoms with Crippen molar-refractivity contribution in [1.82, 2.24) is 0 Å². The molecule has 0 aliphatic rings. The number of alkyl halides is 1. The van der Waals surface area contributed by atoms with Crippen molar-refractivity contribution in [3.8, 4) is 0 Å². The molecule has 2 heteroatoms. The van der Waals surface area contributed by atoms with E-state index in [4.69, 9.17) is 5.73 Å². The Kier molecular flexibility index (Phi) is 5.84. The lowest BCUT2D eigenvalue weighted by Crippen LogP contribution is -2.39. The SMILES string of the molecule is CC[C@@H](CN)C(C)(C)[C@@H](I)C(C)C. The van der Waals surface area contributed by atoms with Crippen LogP contribution in [-0.2, 0) is 0 Å². The summed E-state index contributed by atoms with van der Waals surface area (Å²) in [6.45, 7) is 12.3. The minimum absolute atomic E-state index is 0.359. The summed E-state index contributed by atoms with van der Waals surface area (Å²) in [6.07, 6.45) is 1.19. The molecule has 0 heterocycles. The zero-order chi connectivity index (χ0) is 10.6. The van der Waals surface area contributed by atoms with Crippen molar-refractivity contribution in [3.63, 3.8) is 0 Å². The number of hydrogen-bond acceptors (Lipinski definition) is 1. The first-order valence-corrected chi connectivity index (χ1v) is 6.46. The molecule has 0 radical (unpaired) electrons. The van der Waals surface area contributed by atoms with Gasteiger partial charge in [0.25, 0.3) is 0 Å². The first-order chi connectivity index (χ1) is 5.87. The van der Waals surface area contributed by atoms with Gasteiger partial charge in [-0.15, -0.1) is 0 Å². The predicted molar refractivity (Wildman–Crippen MR) is 69.3 cm³/mol. The smallest absolute Gasteiger partial charge is 0.0187 e.